The topological polar surface area (TPSA) is 18.5 Å². The zero-order chi connectivity index (χ0) is 8.48. The highest BCUT2D eigenvalue weighted by Crippen LogP contribution is 2.25. The Labute approximate surface area is 68.2 Å². The second-order valence-corrected chi connectivity index (χ2v) is 3.61. The number of rotatable bonds is 2. The summed E-state index contributed by atoms with van der Waals surface area (Å²) in [6.07, 6.45) is 1.12. The Morgan fingerprint density at radius 1 is 1.64 bits per heavy atom. The normalized spacial score (nSPS) is 28.8. The van der Waals surface area contributed by atoms with Gasteiger partial charge in [0.15, 0.2) is 5.79 Å². The van der Waals surface area contributed by atoms with E-state index in [-0.39, 0.29) is 11.9 Å². The van der Waals surface area contributed by atoms with Crippen molar-refractivity contribution in [1.82, 2.24) is 0 Å². The lowest BCUT2D eigenvalue weighted by Crippen LogP contribution is -2.21. The van der Waals surface area contributed by atoms with Gasteiger partial charge in [0.05, 0.1) is 12.7 Å². The molecule has 0 spiro atoms. The van der Waals surface area contributed by atoms with Gasteiger partial charge in [0.1, 0.15) is 0 Å². The highest BCUT2D eigenvalue weighted by molar-refractivity contribution is 4.92. The van der Waals surface area contributed by atoms with E-state index in [9.17, 15) is 0 Å². The first kappa shape index (κ1) is 8.75. The smallest absolute Gasteiger partial charge is 0.163 e. The molecule has 0 aromatic rings. The third-order valence-electron chi connectivity index (χ3n) is 1.64. The Balaban J connectivity index is 2.36. The van der Waals surface area contributed by atoms with Gasteiger partial charge in [-0.3, -0.25) is 0 Å². The van der Waals surface area contributed by atoms with E-state index in [4.69, 9.17) is 9.47 Å². The highest BCUT2D eigenvalue weighted by atomic mass is 16.7. The van der Waals surface area contributed by atoms with Crippen LogP contribution in [0.3, 0.4) is 0 Å². The standard InChI is InChI=1S/C9H16O2/c1-7(2)5-8-6-10-9(3,4)11-8/h8H,1,5-6H2,2-4H3/t8-/m1/s1. The Morgan fingerprint density at radius 3 is 2.64 bits per heavy atom. The molecular formula is C9H16O2. The third-order valence-corrected chi connectivity index (χ3v) is 1.64. The maximum absolute atomic E-state index is 5.58. The quantitative estimate of drug-likeness (QED) is 0.570. The van der Waals surface area contributed by atoms with Crippen LogP contribution in [0.1, 0.15) is 27.2 Å². The molecule has 0 aromatic carbocycles. The molecule has 0 saturated carbocycles. The molecule has 11 heavy (non-hydrogen) atoms. The van der Waals surface area contributed by atoms with Crippen LogP contribution in [0.25, 0.3) is 0 Å². The Hall–Kier alpha value is -0.340. The Morgan fingerprint density at radius 2 is 2.27 bits per heavy atom. The van der Waals surface area contributed by atoms with Crippen molar-refractivity contribution in [2.75, 3.05) is 6.61 Å². The van der Waals surface area contributed by atoms with Crippen molar-refractivity contribution in [2.45, 2.75) is 39.1 Å². The molecule has 1 aliphatic rings. The van der Waals surface area contributed by atoms with Crippen LogP contribution in [0.5, 0.6) is 0 Å². The van der Waals surface area contributed by atoms with Gasteiger partial charge >= 0.3 is 0 Å². The van der Waals surface area contributed by atoms with Gasteiger partial charge in [-0.05, 0) is 27.2 Å². The SMILES string of the molecule is C=C(C)C[C@@H]1COC(C)(C)O1. The van der Waals surface area contributed by atoms with Crippen LogP contribution in [0.15, 0.2) is 12.2 Å². The highest BCUT2D eigenvalue weighted by Gasteiger charge is 2.32. The molecule has 1 atom stereocenters. The van der Waals surface area contributed by atoms with Gasteiger partial charge in [-0.1, -0.05) is 5.57 Å². The van der Waals surface area contributed by atoms with E-state index in [1.54, 1.807) is 0 Å². The molecule has 0 bridgehead atoms. The van der Waals surface area contributed by atoms with E-state index >= 15 is 0 Å². The monoisotopic (exact) mass is 156 g/mol. The van der Waals surface area contributed by atoms with Gasteiger partial charge in [0.2, 0.25) is 0 Å². The average molecular weight is 156 g/mol. The second kappa shape index (κ2) is 2.95. The fourth-order valence-electron chi connectivity index (χ4n) is 1.25. The van der Waals surface area contributed by atoms with Crippen LogP contribution in [0.2, 0.25) is 0 Å². The van der Waals surface area contributed by atoms with Crippen molar-refractivity contribution in [1.29, 1.82) is 0 Å². The molecule has 1 heterocycles. The summed E-state index contributed by atoms with van der Waals surface area (Å²) in [6, 6.07) is 0. The zero-order valence-corrected chi connectivity index (χ0v) is 7.52. The van der Waals surface area contributed by atoms with Crippen LogP contribution in [-0.4, -0.2) is 18.5 Å². The van der Waals surface area contributed by atoms with Gasteiger partial charge in [-0.15, -0.1) is 6.58 Å². The maximum atomic E-state index is 5.58. The predicted molar refractivity (Wildman–Crippen MR) is 44.3 cm³/mol. The van der Waals surface area contributed by atoms with E-state index in [1.165, 1.54) is 0 Å². The predicted octanol–water partition coefficient (Wildman–Crippen LogP) is 2.10. The molecule has 1 aliphatic heterocycles. The fourth-order valence-corrected chi connectivity index (χ4v) is 1.25. The van der Waals surface area contributed by atoms with Crippen molar-refractivity contribution in [3.8, 4) is 0 Å². The van der Waals surface area contributed by atoms with Crippen molar-refractivity contribution in [2.24, 2.45) is 0 Å². The van der Waals surface area contributed by atoms with Crippen molar-refractivity contribution >= 4 is 0 Å². The molecule has 1 fully saturated rings. The summed E-state index contributed by atoms with van der Waals surface area (Å²) in [7, 11) is 0. The number of ether oxygens (including phenoxy) is 2. The van der Waals surface area contributed by atoms with Gasteiger partial charge in [-0.25, -0.2) is 0 Å². The van der Waals surface area contributed by atoms with Crippen LogP contribution in [-0.2, 0) is 9.47 Å². The van der Waals surface area contributed by atoms with Crippen molar-refractivity contribution in [3.63, 3.8) is 0 Å². The first-order chi connectivity index (χ1) is 4.99. The minimum absolute atomic E-state index is 0.211. The molecule has 0 radical (unpaired) electrons. The maximum Gasteiger partial charge on any atom is 0.163 e. The minimum atomic E-state index is -0.389. The van der Waals surface area contributed by atoms with Gasteiger partial charge in [-0.2, -0.15) is 0 Å². The molecule has 0 unspecified atom stereocenters. The lowest BCUT2D eigenvalue weighted by atomic mass is 10.1. The van der Waals surface area contributed by atoms with Crippen LogP contribution in [0, 0.1) is 0 Å². The Bertz CT molecular complexity index is 161. The molecule has 1 saturated heterocycles. The zero-order valence-electron chi connectivity index (χ0n) is 7.52. The average Bonchev–Trinajstić information content (AvgIpc) is 2.08. The lowest BCUT2D eigenvalue weighted by Gasteiger charge is -2.16. The minimum Gasteiger partial charge on any atom is -0.348 e. The van der Waals surface area contributed by atoms with Crippen LogP contribution in [0.4, 0.5) is 0 Å². The molecule has 0 aromatic heterocycles. The van der Waals surface area contributed by atoms with E-state index in [1.807, 2.05) is 20.8 Å². The van der Waals surface area contributed by atoms with Gasteiger partial charge in [0.25, 0.3) is 0 Å². The van der Waals surface area contributed by atoms with E-state index in [0.717, 1.165) is 12.0 Å². The third kappa shape index (κ3) is 2.64. The molecule has 2 heteroatoms. The summed E-state index contributed by atoms with van der Waals surface area (Å²) in [4.78, 5) is 0. The second-order valence-electron chi connectivity index (χ2n) is 3.61. The van der Waals surface area contributed by atoms with Gasteiger partial charge < -0.3 is 9.47 Å². The summed E-state index contributed by atoms with van der Waals surface area (Å²) in [6.45, 7) is 10.4. The van der Waals surface area contributed by atoms with Crippen molar-refractivity contribution in [3.05, 3.63) is 12.2 Å². The first-order valence-corrected chi connectivity index (χ1v) is 3.96. The summed E-state index contributed by atoms with van der Waals surface area (Å²) >= 11 is 0. The van der Waals surface area contributed by atoms with Gasteiger partial charge in [0, 0.05) is 0 Å². The Kier molecular flexibility index (Phi) is 2.35. The molecular weight excluding hydrogens is 140 g/mol. The van der Waals surface area contributed by atoms with Crippen molar-refractivity contribution < 1.29 is 9.47 Å². The van der Waals surface area contributed by atoms with E-state index in [0.29, 0.717) is 6.61 Å². The molecule has 2 nitrogen and oxygen atoms in total. The summed E-state index contributed by atoms with van der Waals surface area (Å²) < 4.78 is 11.0. The summed E-state index contributed by atoms with van der Waals surface area (Å²) in [5.74, 6) is -0.389. The van der Waals surface area contributed by atoms with E-state index in [2.05, 4.69) is 6.58 Å². The van der Waals surface area contributed by atoms with Crippen LogP contribution >= 0.6 is 0 Å². The van der Waals surface area contributed by atoms with E-state index < -0.39 is 0 Å². The fraction of sp³-hybridized carbons (Fsp3) is 0.778. The molecule has 0 amide bonds. The summed E-state index contributed by atoms with van der Waals surface area (Å²) in [5.41, 5.74) is 1.15. The largest absolute Gasteiger partial charge is 0.348 e. The lowest BCUT2D eigenvalue weighted by molar-refractivity contribution is -0.138. The molecule has 0 aliphatic carbocycles. The molecule has 1 rings (SSSR count). The molecule has 64 valence electrons. The number of hydrogen-bond acceptors (Lipinski definition) is 2. The van der Waals surface area contributed by atoms with Crippen LogP contribution < -0.4 is 0 Å². The summed E-state index contributed by atoms with van der Waals surface area (Å²) in [5, 5.41) is 0. The molecule has 0 N–H and O–H groups in total. The first-order valence-electron chi connectivity index (χ1n) is 3.96. The number of hydrogen-bond donors (Lipinski definition) is 0.